The van der Waals surface area contributed by atoms with Crippen LogP contribution in [0.4, 0.5) is 0 Å². The molecule has 1 aromatic heterocycles. The second kappa shape index (κ2) is 6.24. The minimum Gasteiger partial charge on any atom is -0.351 e. The Morgan fingerprint density at radius 2 is 2.00 bits per heavy atom. The normalized spacial score (nSPS) is 16.8. The number of carbonyl (C=O) groups excluding carboxylic acids is 1. The first-order valence-corrected chi connectivity index (χ1v) is 8.96. The van der Waals surface area contributed by atoms with E-state index in [0.717, 1.165) is 30.6 Å². The molecule has 1 aromatic rings. The Balaban J connectivity index is 1.95. The number of sulfonamides is 1. The largest absolute Gasteiger partial charge is 0.351 e. The molecule has 7 heteroatoms. The van der Waals surface area contributed by atoms with E-state index in [1.807, 2.05) is 0 Å². The maximum atomic E-state index is 11.9. The van der Waals surface area contributed by atoms with Crippen molar-refractivity contribution < 1.29 is 13.2 Å². The number of carbonyl (C=O) groups is 1. The SMILES string of the molecule is CN(C)S(=O)(=O)c1ccc(CNC(=O)C2CCCC2)s1. The Morgan fingerprint density at radius 3 is 2.60 bits per heavy atom. The van der Waals surface area contributed by atoms with Crippen molar-refractivity contribution in [2.24, 2.45) is 5.92 Å². The standard InChI is InChI=1S/C13H20N2O3S2/c1-15(2)20(17,18)12-8-7-11(19-12)9-14-13(16)10-5-3-4-6-10/h7-8,10H,3-6,9H2,1-2H3,(H,14,16). The van der Waals surface area contributed by atoms with Gasteiger partial charge in [0.1, 0.15) is 4.21 Å². The van der Waals surface area contributed by atoms with Crippen molar-refractivity contribution in [2.75, 3.05) is 14.1 Å². The molecule has 20 heavy (non-hydrogen) atoms. The summed E-state index contributed by atoms with van der Waals surface area (Å²) in [5, 5.41) is 2.90. The minimum atomic E-state index is -3.37. The molecule has 0 atom stereocenters. The topological polar surface area (TPSA) is 66.5 Å². The molecular weight excluding hydrogens is 296 g/mol. The Kier molecular flexibility index (Phi) is 4.82. The third kappa shape index (κ3) is 3.39. The fourth-order valence-corrected chi connectivity index (χ4v) is 4.74. The summed E-state index contributed by atoms with van der Waals surface area (Å²) in [6.45, 7) is 0.406. The van der Waals surface area contributed by atoms with Gasteiger partial charge in [-0.2, -0.15) is 0 Å². The van der Waals surface area contributed by atoms with Crippen LogP contribution in [0.3, 0.4) is 0 Å². The lowest BCUT2D eigenvalue weighted by Gasteiger charge is -2.09. The number of nitrogens with zero attached hydrogens (tertiary/aromatic N) is 1. The zero-order valence-electron chi connectivity index (χ0n) is 11.8. The van der Waals surface area contributed by atoms with Gasteiger partial charge >= 0.3 is 0 Å². The predicted octanol–water partition coefficient (Wildman–Crippen LogP) is 1.80. The van der Waals surface area contributed by atoms with Crippen LogP contribution in [0.25, 0.3) is 0 Å². The van der Waals surface area contributed by atoms with Gasteiger partial charge < -0.3 is 5.32 Å². The van der Waals surface area contributed by atoms with Gasteiger partial charge in [0.25, 0.3) is 10.0 Å². The third-order valence-corrected chi connectivity index (χ3v) is 6.90. The molecule has 0 unspecified atom stereocenters. The Bertz CT molecular complexity index is 572. The van der Waals surface area contributed by atoms with Crippen molar-refractivity contribution in [3.05, 3.63) is 17.0 Å². The highest BCUT2D eigenvalue weighted by Gasteiger charge is 2.23. The molecule has 1 amide bonds. The highest BCUT2D eigenvalue weighted by atomic mass is 32.2. The van der Waals surface area contributed by atoms with E-state index >= 15 is 0 Å². The van der Waals surface area contributed by atoms with Crippen LogP contribution in [0.15, 0.2) is 16.3 Å². The molecule has 1 heterocycles. The third-order valence-electron chi connectivity index (χ3n) is 3.53. The van der Waals surface area contributed by atoms with Crippen molar-refractivity contribution in [3.8, 4) is 0 Å². The molecule has 0 spiro atoms. The van der Waals surface area contributed by atoms with E-state index in [0.29, 0.717) is 10.8 Å². The van der Waals surface area contributed by atoms with E-state index in [1.165, 1.54) is 29.7 Å². The van der Waals surface area contributed by atoms with E-state index in [4.69, 9.17) is 0 Å². The summed E-state index contributed by atoms with van der Waals surface area (Å²) in [4.78, 5) is 12.8. The van der Waals surface area contributed by atoms with Crippen molar-refractivity contribution in [2.45, 2.75) is 36.4 Å². The molecule has 0 bridgehead atoms. The van der Waals surface area contributed by atoms with Gasteiger partial charge in [0.15, 0.2) is 0 Å². The summed E-state index contributed by atoms with van der Waals surface area (Å²) in [6, 6.07) is 3.35. The fraction of sp³-hybridized carbons (Fsp3) is 0.615. The second-order valence-electron chi connectivity index (χ2n) is 5.21. The van der Waals surface area contributed by atoms with Gasteiger partial charge in [0, 0.05) is 24.9 Å². The number of thiophene rings is 1. The van der Waals surface area contributed by atoms with Gasteiger partial charge in [-0.15, -0.1) is 11.3 Å². The fourth-order valence-electron chi connectivity index (χ4n) is 2.28. The van der Waals surface area contributed by atoms with Crippen molar-refractivity contribution in [1.29, 1.82) is 0 Å². The molecule has 1 fully saturated rings. The highest BCUT2D eigenvalue weighted by Crippen LogP contribution is 2.26. The molecule has 1 aliphatic carbocycles. The average molecular weight is 316 g/mol. The lowest BCUT2D eigenvalue weighted by Crippen LogP contribution is -2.28. The molecule has 0 radical (unpaired) electrons. The lowest BCUT2D eigenvalue weighted by molar-refractivity contribution is -0.124. The van der Waals surface area contributed by atoms with E-state index < -0.39 is 10.0 Å². The summed E-state index contributed by atoms with van der Waals surface area (Å²) in [6.07, 6.45) is 4.19. The van der Waals surface area contributed by atoms with Crippen molar-refractivity contribution >= 4 is 27.3 Å². The first-order chi connectivity index (χ1) is 9.41. The van der Waals surface area contributed by atoms with Crippen LogP contribution in [0.5, 0.6) is 0 Å². The molecule has 0 aliphatic heterocycles. The molecule has 1 N–H and O–H groups in total. The monoisotopic (exact) mass is 316 g/mol. The average Bonchev–Trinajstić information content (AvgIpc) is 3.07. The molecule has 1 saturated carbocycles. The van der Waals surface area contributed by atoms with Gasteiger partial charge in [-0.3, -0.25) is 4.79 Å². The predicted molar refractivity (Wildman–Crippen MR) is 79.0 cm³/mol. The lowest BCUT2D eigenvalue weighted by atomic mass is 10.1. The summed E-state index contributed by atoms with van der Waals surface area (Å²) < 4.78 is 25.4. The highest BCUT2D eigenvalue weighted by molar-refractivity contribution is 7.91. The zero-order chi connectivity index (χ0) is 14.8. The first kappa shape index (κ1) is 15.5. The summed E-state index contributed by atoms with van der Waals surface area (Å²) in [5.74, 6) is 0.229. The van der Waals surface area contributed by atoms with Crippen LogP contribution < -0.4 is 5.32 Å². The van der Waals surface area contributed by atoms with Crippen molar-refractivity contribution in [1.82, 2.24) is 9.62 Å². The molecule has 2 rings (SSSR count). The quantitative estimate of drug-likeness (QED) is 0.901. The Labute approximate surface area is 124 Å². The number of hydrogen-bond donors (Lipinski definition) is 1. The first-order valence-electron chi connectivity index (χ1n) is 6.70. The smallest absolute Gasteiger partial charge is 0.252 e. The summed E-state index contributed by atoms with van der Waals surface area (Å²) >= 11 is 1.21. The number of rotatable bonds is 5. The molecule has 1 aliphatic rings. The van der Waals surface area contributed by atoms with Crippen LogP contribution in [0.1, 0.15) is 30.6 Å². The van der Waals surface area contributed by atoms with E-state index in [2.05, 4.69) is 5.32 Å². The Hall–Kier alpha value is -0.920. The van der Waals surface area contributed by atoms with E-state index in [1.54, 1.807) is 12.1 Å². The van der Waals surface area contributed by atoms with E-state index in [9.17, 15) is 13.2 Å². The molecule has 5 nitrogen and oxygen atoms in total. The van der Waals surface area contributed by atoms with Crippen LogP contribution in [-0.4, -0.2) is 32.7 Å². The van der Waals surface area contributed by atoms with Crippen LogP contribution in [0, 0.1) is 5.92 Å². The number of hydrogen-bond acceptors (Lipinski definition) is 4. The molecular formula is C13H20N2O3S2. The maximum Gasteiger partial charge on any atom is 0.252 e. The number of amides is 1. The molecule has 0 aromatic carbocycles. The minimum absolute atomic E-state index is 0.0907. The summed E-state index contributed by atoms with van der Waals surface area (Å²) in [7, 11) is -0.350. The maximum absolute atomic E-state index is 11.9. The summed E-state index contributed by atoms with van der Waals surface area (Å²) in [5.41, 5.74) is 0. The molecule has 112 valence electrons. The second-order valence-corrected chi connectivity index (χ2v) is 8.75. The van der Waals surface area contributed by atoms with Crippen LogP contribution >= 0.6 is 11.3 Å². The van der Waals surface area contributed by atoms with Gasteiger partial charge in [-0.25, -0.2) is 12.7 Å². The van der Waals surface area contributed by atoms with Crippen molar-refractivity contribution in [3.63, 3.8) is 0 Å². The van der Waals surface area contributed by atoms with Gasteiger partial charge in [0.05, 0.1) is 6.54 Å². The van der Waals surface area contributed by atoms with Crippen LogP contribution in [-0.2, 0) is 21.4 Å². The van der Waals surface area contributed by atoms with Gasteiger partial charge in [-0.1, -0.05) is 12.8 Å². The van der Waals surface area contributed by atoms with Gasteiger partial charge in [0.2, 0.25) is 5.91 Å². The zero-order valence-corrected chi connectivity index (χ0v) is 13.4. The molecule has 0 saturated heterocycles. The van der Waals surface area contributed by atoms with E-state index in [-0.39, 0.29) is 11.8 Å². The number of nitrogens with one attached hydrogen (secondary N) is 1. The van der Waals surface area contributed by atoms with Gasteiger partial charge in [-0.05, 0) is 25.0 Å². The Morgan fingerprint density at radius 1 is 1.35 bits per heavy atom. The van der Waals surface area contributed by atoms with Crippen LogP contribution in [0.2, 0.25) is 0 Å².